The summed E-state index contributed by atoms with van der Waals surface area (Å²) in [4.78, 5) is 1.93. The SMILES string of the molecule is Cc1cccc([C@H](CC(F)(F)F)N2CCNCC2)c1.Cl. The quantitative estimate of drug-likeness (QED) is 0.921. The lowest BCUT2D eigenvalue weighted by molar-refractivity contribution is -0.148. The van der Waals surface area contributed by atoms with Crippen LogP contribution in [0.4, 0.5) is 13.2 Å². The molecular weight excluding hydrogens is 289 g/mol. The molecule has 0 amide bonds. The molecule has 0 bridgehead atoms. The van der Waals surface area contributed by atoms with Gasteiger partial charge in [-0.2, -0.15) is 13.2 Å². The highest BCUT2D eigenvalue weighted by Gasteiger charge is 2.35. The van der Waals surface area contributed by atoms with Crippen molar-refractivity contribution in [2.45, 2.75) is 25.6 Å². The van der Waals surface area contributed by atoms with Gasteiger partial charge >= 0.3 is 6.18 Å². The molecule has 114 valence electrons. The van der Waals surface area contributed by atoms with E-state index in [1.807, 2.05) is 30.0 Å². The Morgan fingerprint density at radius 3 is 2.45 bits per heavy atom. The number of alkyl halides is 3. The Morgan fingerprint density at radius 2 is 1.90 bits per heavy atom. The van der Waals surface area contributed by atoms with Gasteiger partial charge in [-0.05, 0) is 12.5 Å². The molecule has 0 saturated carbocycles. The van der Waals surface area contributed by atoms with E-state index in [1.165, 1.54) is 0 Å². The molecular formula is C14H20ClF3N2. The summed E-state index contributed by atoms with van der Waals surface area (Å²) < 4.78 is 38.4. The maximum atomic E-state index is 12.8. The molecule has 1 aromatic rings. The zero-order valence-electron chi connectivity index (χ0n) is 11.4. The smallest absolute Gasteiger partial charge is 0.314 e. The standard InChI is InChI=1S/C14H19F3N2.ClH/c1-11-3-2-4-12(9-11)13(10-14(15,16)17)19-7-5-18-6-8-19;/h2-4,9,13,18H,5-8,10H2,1H3;1H/t13-;/m0./s1. The lowest BCUT2D eigenvalue weighted by Gasteiger charge is -2.35. The van der Waals surface area contributed by atoms with E-state index in [0.29, 0.717) is 13.1 Å². The fourth-order valence-corrected chi connectivity index (χ4v) is 2.55. The largest absolute Gasteiger partial charge is 0.390 e. The molecule has 1 atom stereocenters. The normalized spacial score (nSPS) is 18.4. The summed E-state index contributed by atoms with van der Waals surface area (Å²) in [7, 11) is 0. The summed E-state index contributed by atoms with van der Waals surface area (Å²) in [6.07, 6.45) is -4.92. The minimum atomic E-state index is -4.14. The first-order valence-corrected chi connectivity index (χ1v) is 6.54. The predicted octanol–water partition coefficient (Wildman–Crippen LogP) is 3.32. The first-order valence-electron chi connectivity index (χ1n) is 6.54. The maximum Gasteiger partial charge on any atom is 0.390 e. The molecule has 2 nitrogen and oxygen atoms in total. The van der Waals surface area contributed by atoms with Crippen LogP contribution in [0.2, 0.25) is 0 Å². The van der Waals surface area contributed by atoms with Crippen molar-refractivity contribution in [1.29, 1.82) is 0 Å². The average Bonchev–Trinajstić information content (AvgIpc) is 2.36. The minimum Gasteiger partial charge on any atom is -0.314 e. The molecule has 6 heteroatoms. The third-order valence-electron chi connectivity index (χ3n) is 3.44. The summed E-state index contributed by atoms with van der Waals surface area (Å²) in [5.74, 6) is 0. The van der Waals surface area contributed by atoms with Gasteiger partial charge in [0.25, 0.3) is 0 Å². The van der Waals surface area contributed by atoms with Crippen molar-refractivity contribution in [3.05, 3.63) is 35.4 Å². The van der Waals surface area contributed by atoms with Gasteiger partial charge in [0.2, 0.25) is 0 Å². The Hall–Kier alpha value is -0.780. The van der Waals surface area contributed by atoms with Crippen molar-refractivity contribution >= 4 is 12.4 Å². The number of piperazine rings is 1. The zero-order chi connectivity index (χ0) is 13.9. The first-order chi connectivity index (χ1) is 8.96. The number of nitrogens with one attached hydrogen (secondary N) is 1. The summed E-state index contributed by atoms with van der Waals surface area (Å²) in [5.41, 5.74) is 1.76. The fraction of sp³-hybridized carbons (Fsp3) is 0.571. The molecule has 1 N–H and O–H groups in total. The van der Waals surface area contributed by atoms with Gasteiger partial charge in [-0.3, -0.25) is 4.90 Å². The Balaban J connectivity index is 0.00000200. The van der Waals surface area contributed by atoms with E-state index in [9.17, 15) is 13.2 Å². The van der Waals surface area contributed by atoms with Crippen LogP contribution < -0.4 is 5.32 Å². The van der Waals surface area contributed by atoms with Crippen LogP contribution in [-0.4, -0.2) is 37.3 Å². The molecule has 1 aliphatic heterocycles. The van der Waals surface area contributed by atoms with Crippen LogP contribution in [0, 0.1) is 6.92 Å². The molecule has 0 aromatic heterocycles. The van der Waals surface area contributed by atoms with E-state index < -0.39 is 18.6 Å². The lowest BCUT2D eigenvalue weighted by atomic mass is 9.99. The summed E-state index contributed by atoms with van der Waals surface area (Å²) in [6.45, 7) is 4.73. The minimum absolute atomic E-state index is 0. The van der Waals surface area contributed by atoms with Gasteiger partial charge in [-0.15, -0.1) is 12.4 Å². The van der Waals surface area contributed by atoms with Crippen LogP contribution >= 0.6 is 12.4 Å². The van der Waals surface area contributed by atoms with E-state index in [1.54, 1.807) is 6.07 Å². The first kappa shape index (κ1) is 17.3. The third kappa shape index (κ3) is 4.96. The van der Waals surface area contributed by atoms with E-state index in [0.717, 1.165) is 24.2 Å². The molecule has 0 aliphatic carbocycles. The predicted molar refractivity (Wildman–Crippen MR) is 76.3 cm³/mol. The molecule has 1 aliphatic rings. The van der Waals surface area contributed by atoms with Gasteiger partial charge in [-0.1, -0.05) is 29.8 Å². The summed E-state index contributed by atoms with van der Waals surface area (Å²) in [5, 5.41) is 3.17. The molecule has 2 rings (SSSR count). The molecule has 1 heterocycles. The van der Waals surface area contributed by atoms with Crippen LogP contribution in [-0.2, 0) is 0 Å². The maximum absolute atomic E-state index is 12.8. The second-order valence-electron chi connectivity index (χ2n) is 5.04. The fourth-order valence-electron chi connectivity index (χ4n) is 2.55. The van der Waals surface area contributed by atoms with Gasteiger partial charge in [0, 0.05) is 32.2 Å². The topological polar surface area (TPSA) is 15.3 Å². The molecule has 20 heavy (non-hydrogen) atoms. The molecule has 1 saturated heterocycles. The van der Waals surface area contributed by atoms with Crippen molar-refractivity contribution in [1.82, 2.24) is 10.2 Å². The third-order valence-corrected chi connectivity index (χ3v) is 3.44. The van der Waals surface area contributed by atoms with Crippen LogP contribution in [0.3, 0.4) is 0 Å². The van der Waals surface area contributed by atoms with Gasteiger partial charge < -0.3 is 5.32 Å². The molecule has 1 aromatic carbocycles. The molecule has 1 fully saturated rings. The number of halogens is 4. The number of rotatable bonds is 3. The van der Waals surface area contributed by atoms with E-state index in [-0.39, 0.29) is 12.4 Å². The number of nitrogens with zero attached hydrogens (tertiary/aromatic N) is 1. The van der Waals surface area contributed by atoms with Crippen molar-refractivity contribution in [2.24, 2.45) is 0 Å². The number of hydrogen-bond acceptors (Lipinski definition) is 2. The summed E-state index contributed by atoms with van der Waals surface area (Å²) in [6, 6.07) is 6.83. The molecule has 0 unspecified atom stereocenters. The van der Waals surface area contributed by atoms with Crippen molar-refractivity contribution < 1.29 is 13.2 Å². The number of benzene rings is 1. The second-order valence-corrected chi connectivity index (χ2v) is 5.04. The van der Waals surface area contributed by atoms with Gasteiger partial charge in [0.1, 0.15) is 0 Å². The Bertz CT molecular complexity index is 417. The Morgan fingerprint density at radius 1 is 1.25 bits per heavy atom. The highest BCUT2D eigenvalue weighted by molar-refractivity contribution is 5.85. The number of hydrogen-bond donors (Lipinski definition) is 1. The second kappa shape index (κ2) is 7.29. The monoisotopic (exact) mass is 308 g/mol. The van der Waals surface area contributed by atoms with Crippen LogP contribution in [0.15, 0.2) is 24.3 Å². The molecule has 0 spiro atoms. The summed E-state index contributed by atoms with van der Waals surface area (Å²) >= 11 is 0. The van der Waals surface area contributed by atoms with Crippen molar-refractivity contribution in [3.8, 4) is 0 Å². The van der Waals surface area contributed by atoms with Crippen molar-refractivity contribution in [3.63, 3.8) is 0 Å². The van der Waals surface area contributed by atoms with E-state index in [4.69, 9.17) is 0 Å². The van der Waals surface area contributed by atoms with Gasteiger partial charge in [0.05, 0.1) is 6.42 Å². The highest BCUT2D eigenvalue weighted by atomic mass is 35.5. The van der Waals surface area contributed by atoms with E-state index >= 15 is 0 Å². The Kier molecular flexibility index (Phi) is 6.30. The lowest BCUT2D eigenvalue weighted by Crippen LogP contribution is -2.46. The molecule has 0 radical (unpaired) electrons. The number of aryl methyl sites for hydroxylation is 1. The van der Waals surface area contributed by atoms with Crippen molar-refractivity contribution in [2.75, 3.05) is 26.2 Å². The van der Waals surface area contributed by atoms with E-state index in [2.05, 4.69) is 5.32 Å². The average molecular weight is 309 g/mol. The highest BCUT2D eigenvalue weighted by Crippen LogP contribution is 2.34. The van der Waals surface area contributed by atoms with Gasteiger partial charge in [0.15, 0.2) is 0 Å². The van der Waals surface area contributed by atoms with Gasteiger partial charge in [-0.25, -0.2) is 0 Å². The van der Waals surface area contributed by atoms with Crippen LogP contribution in [0.25, 0.3) is 0 Å². The Labute approximate surface area is 123 Å². The zero-order valence-corrected chi connectivity index (χ0v) is 12.2. The van der Waals surface area contributed by atoms with Crippen LogP contribution in [0.1, 0.15) is 23.6 Å². The van der Waals surface area contributed by atoms with Crippen LogP contribution in [0.5, 0.6) is 0 Å².